The molecule has 94 valence electrons. The smallest absolute Gasteiger partial charge is 0.152 e. The number of morpholine rings is 1. The van der Waals surface area contributed by atoms with E-state index >= 15 is 0 Å². The van der Waals surface area contributed by atoms with Crippen molar-refractivity contribution in [2.45, 2.75) is 32.2 Å². The van der Waals surface area contributed by atoms with Crippen molar-refractivity contribution in [3.8, 4) is 0 Å². The van der Waals surface area contributed by atoms with Crippen LogP contribution in [0, 0.1) is 0 Å². The van der Waals surface area contributed by atoms with Gasteiger partial charge in [-0.15, -0.1) is 0 Å². The van der Waals surface area contributed by atoms with Crippen LogP contribution in [0.15, 0.2) is 0 Å². The molecule has 5 nitrogen and oxygen atoms in total. The van der Waals surface area contributed by atoms with E-state index < -0.39 is 0 Å². The van der Waals surface area contributed by atoms with Gasteiger partial charge in [-0.05, 0) is 12.8 Å². The summed E-state index contributed by atoms with van der Waals surface area (Å²) < 4.78 is 7.44. The predicted molar refractivity (Wildman–Crippen MR) is 63.9 cm³/mol. The van der Waals surface area contributed by atoms with Gasteiger partial charge in [-0.25, -0.2) is 9.67 Å². The van der Waals surface area contributed by atoms with E-state index in [1.54, 1.807) is 0 Å². The van der Waals surface area contributed by atoms with Gasteiger partial charge in [-0.1, -0.05) is 0 Å². The number of hydrogen-bond acceptors (Lipinski definition) is 4. The molecule has 0 atom stereocenters. The molecule has 0 aromatic carbocycles. The van der Waals surface area contributed by atoms with E-state index in [1.165, 1.54) is 18.7 Å². The normalized spacial score (nSPS) is 21.4. The summed E-state index contributed by atoms with van der Waals surface area (Å²) in [4.78, 5) is 7.06. The zero-order chi connectivity index (χ0) is 11.5. The number of aryl methyl sites for hydroxylation is 2. The maximum absolute atomic E-state index is 5.34. The maximum atomic E-state index is 5.34. The molecule has 1 fully saturated rings. The minimum atomic E-state index is 0.868. The lowest BCUT2D eigenvalue weighted by Crippen LogP contribution is -2.37. The first-order valence-electron chi connectivity index (χ1n) is 6.64. The second-order valence-electron chi connectivity index (χ2n) is 4.83. The lowest BCUT2D eigenvalue weighted by Gasteiger charge is -2.25. The van der Waals surface area contributed by atoms with Crippen LogP contribution in [0.3, 0.4) is 0 Å². The molecule has 3 heterocycles. The summed E-state index contributed by atoms with van der Waals surface area (Å²) in [6.45, 7) is 5.95. The first-order chi connectivity index (χ1) is 8.42. The Kier molecular flexibility index (Phi) is 3.38. The van der Waals surface area contributed by atoms with Crippen LogP contribution in [-0.2, 0) is 24.1 Å². The van der Waals surface area contributed by atoms with E-state index in [0.717, 1.165) is 58.1 Å². The molecule has 2 aliphatic rings. The molecule has 0 aliphatic carbocycles. The van der Waals surface area contributed by atoms with Crippen LogP contribution in [0.1, 0.15) is 24.5 Å². The van der Waals surface area contributed by atoms with Crippen LogP contribution in [0.4, 0.5) is 0 Å². The minimum absolute atomic E-state index is 0.868. The lowest BCUT2D eigenvalue weighted by molar-refractivity contribution is 0.0382. The third kappa shape index (κ3) is 2.66. The molecule has 0 bridgehead atoms. The number of fused-ring (bicyclic) bond motifs is 1. The third-order valence-corrected chi connectivity index (χ3v) is 3.57. The largest absolute Gasteiger partial charge is 0.379 e. The Hall–Kier alpha value is -0.940. The average molecular weight is 236 g/mol. The van der Waals surface area contributed by atoms with Gasteiger partial charge in [-0.2, -0.15) is 5.10 Å². The van der Waals surface area contributed by atoms with Gasteiger partial charge < -0.3 is 4.74 Å². The number of hydrogen-bond donors (Lipinski definition) is 0. The molecule has 0 amide bonds. The van der Waals surface area contributed by atoms with Crippen molar-refractivity contribution in [1.29, 1.82) is 0 Å². The number of nitrogens with zero attached hydrogens (tertiary/aromatic N) is 4. The molecule has 17 heavy (non-hydrogen) atoms. The highest BCUT2D eigenvalue weighted by atomic mass is 16.5. The van der Waals surface area contributed by atoms with Crippen LogP contribution < -0.4 is 0 Å². The van der Waals surface area contributed by atoms with Crippen LogP contribution in [0.2, 0.25) is 0 Å². The minimum Gasteiger partial charge on any atom is -0.379 e. The Balaban J connectivity index is 1.55. The molecule has 0 unspecified atom stereocenters. The van der Waals surface area contributed by atoms with E-state index in [4.69, 9.17) is 4.74 Å². The Morgan fingerprint density at radius 2 is 2.00 bits per heavy atom. The van der Waals surface area contributed by atoms with Crippen LogP contribution in [0.25, 0.3) is 0 Å². The number of ether oxygens (including phenoxy) is 1. The number of rotatable bonds is 3. The van der Waals surface area contributed by atoms with Crippen molar-refractivity contribution in [2.24, 2.45) is 0 Å². The molecule has 0 N–H and O–H groups in total. The van der Waals surface area contributed by atoms with E-state index in [0.29, 0.717) is 0 Å². The summed E-state index contributed by atoms with van der Waals surface area (Å²) in [5, 5.41) is 4.58. The Bertz CT molecular complexity index is 347. The van der Waals surface area contributed by atoms with Crippen LogP contribution in [0.5, 0.6) is 0 Å². The summed E-state index contributed by atoms with van der Waals surface area (Å²) in [6, 6.07) is 0. The summed E-state index contributed by atoms with van der Waals surface area (Å²) in [5.41, 5.74) is 0. The zero-order valence-electron chi connectivity index (χ0n) is 10.3. The Morgan fingerprint density at radius 1 is 1.12 bits per heavy atom. The molecule has 0 saturated carbocycles. The molecule has 5 heteroatoms. The highest BCUT2D eigenvalue weighted by Gasteiger charge is 2.15. The summed E-state index contributed by atoms with van der Waals surface area (Å²) in [6.07, 6.45) is 4.59. The maximum Gasteiger partial charge on any atom is 0.152 e. The summed E-state index contributed by atoms with van der Waals surface area (Å²) >= 11 is 0. The van der Waals surface area contributed by atoms with Gasteiger partial charge in [0.1, 0.15) is 5.82 Å². The fourth-order valence-corrected chi connectivity index (χ4v) is 2.52. The molecule has 0 radical (unpaired) electrons. The van der Waals surface area contributed by atoms with Gasteiger partial charge in [0.25, 0.3) is 0 Å². The summed E-state index contributed by atoms with van der Waals surface area (Å²) in [7, 11) is 0. The lowest BCUT2D eigenvalue weighted by atomic mass is 10.2. The molecular formula is C12H20N4O. The van der Waals surface area contributed by atoms with E-state index in [2.05, 4.69) is 19.7 Å². The first kappa shape index (κ1) is 11.2. The topological polar surface area (TPSA) is 43.2 Å². The second kappa shape index (κ2) is 5.14. The quantitative estimate of drug-likeness (QED) is 0.766. The SMILES string of the molecule is C1CCn2nc(CCN3CCOCC3)nc2C1. The van der Waals surface area contributed by atoms with Crippen molar-refractivity contribution in [1.82, 2.24) is 19.7 Å². The highest BCUT2D eigenvalue weighted by Crippen LogP contribution is 2.12. The molecular weight excluding hydrogens is 216 g/mol. The third-order valence-electron chi connectivity index (χ3n) is 3.57. The fraction of sp³-hybridized carbons (Fsp3) is 0.833. The van der Waals surface area contributed by atoms with E-state index in [-0.39, 0.29) is 0 Å². The van der Waals surface area contributed by atoms with Crippen molar-refractivity contribution in [2.75, 3.05) is 32.8 Å². The van der Waals surface area contributed by atoms with Crippen LogP contribution in [-0.4, -0.2) is 52.5 Å². The first-order valence-corrected chi connectivity index (χ1v) is 6.64. The van der Waals surface area contributed by atoms with Crippen molar-refractivity contribution >= 4 is 0 Å². The summed E-state index contributed by atoms with van der Waals surface area (Å²) in [5.74, 6) is 2.21. The van der Waals surface area contributed by atoms with E-state index in [9.17, 15) is 0 Å². The average Bonchev–Trinajstić information content (AvgIpc) is 2.80. The van der Waals surface area contributed by atoms with Gasteiger partial charge in [0, 0.05) is 39.0 Å². The Morgan fingerprint density at radius 3 is 2.82 bits per heavy atom. The molecule has 1 saturated heterocycles. The molecule has 3 rings (SSSR count). The molecule has 0 spiro atoms. The van der Waals surface area contributed by atoms with Crippen molar-refractivity contribution in [3.63, 3.8) is 0 Å². The van der Waals surface area contributed by atoms with Crippen molar-refractivity contribution < 1.29 is 4.74 Å². The van der Waals surface area contributed by atoms with Gasteiger partial charge in [0.05, 0.1) is 13.2 Å². The van der Waals surface area contributed by atoms with Crippen molar-refractivity contribution in [3.05, 3.63) is 11.6 Å². The molecule has 1 aromatic heterocycles. The van der Waals surface area contributed by atoms with Gasteiger partial charge in [0.2, 0.25) is 0 Å². The fourth-order valence-electron chi connectivity index (χ4n) is 2.52. The van der Waals surface area contributed by atoms with Gasteiger partial charge in [-0.3, -0.25) is 4.90 Å². The van der Waals surface area contributed by atoms with Crippen LogP contribution >= 0.6 is 0 Å². The second-order valence-corrected chi connectivity index (χ2v) is 4.83. The monoisotopic (exact) mass is 236 g/mol. The zero-order valence-corrected chi connectivity index (χ0v) is 10.3. The van der Waals surface area contributed by atoms with Gasteiger partial charge in [0.15, 0.2) is 5.82 Å². The van der Waals surface area contributed by atoms with Gasteiger partial charge >= 0.3 is 0 Å². The molecule has 1 aromatic rings. The standard InChI is InChI=1S/C12H20N4O/c1-2-5-16-12(3-1)13-11(14-16)4-6-15-7-9-17-10-8-15/h1-10H2. The molecule has 2 aliphatic heterocycles. The highest BCUT2D eigenvalue weighted by molar-refractivity contribution is 4.96. The van der Waals surface area contributed by atoms with E-state index in [1.807, 2.05) is 0 Å². The predicted octanol–water partition coefficient (Wildman–Crippen LogP) is 0.489. The Labute approximate surface area is 102 Å². The number of aromatic nitrogens is 3.